The van der Waals surface area contributed by atoms with Gasteiger partial charge in [0.25, 0.3) is 0 Å². The van der Waals surface area contributed by atoms with E-state index >= 15 is 0 Å². The van der Waals surface area contributed by atoms with Crippen LogP contribution in [-0.2, 0) is 15.8 Å². The highest BCUT2D eigenvalue weighted by atomic mass is 31.2. The first-order valence-electron chi connectivity index (χ1n) is 4.71. The third-order valence-electron chi connectivity index (χ3n) is 2.86. The molecule has 1 aromatic rings. The number of benzene rings is 1. The summed E-state index contributed by atoms with van der Waals surface area (Å²) in [6.45, 7) is 0. The van der Waals surface area contributed by atoms with Crippen molar-refractivity contribution in [1.29, 1.82) is 0 Å². The van der Waals surface area contributed by atoms with Crippen LogP contribution in [0.5, 0.6) is 0 Å². The van der Waals surface area contributed by atoms with E-state index in [1.54, 1.807) is 18.2 Å². The van der Waals surface area contributed by atoms with Gasteiger partial charge in [0.15, 0.2) is 0 Å². The molecule has 6 heteroatoms. The van der Waals surface area contributed by atoms with E-state index in [0.717, 1.165) is 0 Å². The summed E-state index contributed by atoms with van der Waals surface area (Å²) >= 11 is 0. The normalized spacial score (nSPS) is 24.1. The Morgan fingerprint density at radius 2 is 1.94 bits per heavy atom. The van der Waals surface area contributed by atoms with Gasteiger partial charge in [0.2, 0.25) is 0 Å². The molecule has 0 radical (unpaired) electrons. The lowest BCUT2D eigenvalue weighted by atomic mass is 10.0. The summed E-state index contributed by atoms with van der Waals surface area (Å²) in [5.74, 6) is -2.85. The van der Waals surface area contributed by atoms with Gasteiger partial charge in [-0.1, -0.05) is 31.9 Å². The van der Waals surface area contributed by atoms with E-state index in [1.807, 2.05) is 0 Å². The second-order valence-corrected chi connectivity index (χ2v) is 5.55. The maximum atomic E-state index is 11.0. The van der Waals surface area contributed by atoms with Crippen molar-refractivity contribution < 1.29 is 24.3 Å². The van der Waals surface area contributed by atoms with Gasteiger partial charge in [-0.15, -0.1) is 0 Å². The monoisotopic (exact) mass is 239 g/mol. The highest BCUT2D eigenvalue weighted by Crippen LogP contribution is 2.48. The second-order valence-electron chi connectivity index (χ2n) is 3.81. The average molecular weight is 239 g/mol. The zero-order valence-electron chi connectivity index (χ0n) is 8.16. The van der Waals surface area contributed by atoms with Crippen molar-refractivity contribution in [2.24, 2.45) is 0 Å². The smallest absolute Gasteiger partial charge is 0.0496 e. The summed E-state index contributed by atoms with van der Waals surface area (Å²) in [6, 6.07) is 6.43. The van der Waals surface area contributed by atoms with Crippen molar-refractivity contribution in [1.82, 2.24) is 0 Å². The Kier molecular flexibility index (Phi) is 2.62. The summed E-state index contributed by atoms with van der Waals surface area (Å²) in [6.07, 6.45) is -0.0426. The Bertz CT molecular complexity index is 478. The van der Waals surface area contributed by atoms with Gasteiger partial charge >= 0.3 is 0 Å². The van der Waals surface area contributed by atoms with E-state index < -0.39 is 25.1 Å². The molecule has 1 aliphatic rings. The first-order chi connectivity index (χ1) is 7.41. The first kappa shape index (κ1) is 11.3. The largest absolute Gasteiger partial charge is 0.810 e. The van der Waals surface area contributed by atoms with Gasteiger partial charge in [-0.3, -0.25) is 0 Å². The molecule has 0 saturated carbocycles. The molecule has 1 aromatic carbocycles. The van der Waals surface area contributed by atoms with Crippen LogP contribution in [-0.4, -0.2) is 11.6 Å². The molecule has 5 nitrogen and oxygen atoms in total. The van der Waals surface area contributed by atoms with Crippen LogP contribution in [0.25, 0.3) is 0 Å². The summed E-state index contributed by atoms with van der Waals surface area (Å²) in [5, 5.41) is 10.9. The minimum absolute atomic E-state index is 0.0426. The highest BCUT2D eigenvalue weighted by Gasteiger charge is 2.35. The lowest BCUT2D eigenvalue weighted by molar-refractivity contribution is -0.323. The number of aliphatic carboxylic acids is 1. The molecular formula is C10H8O5P-3. The molecule has 0 unspecified atom stereocenters. The maximum absolute atomic E-state index is 11.0. The minimum atomic E-state index is -4.93. The molecule has 0 aliphatic heterocycles. The number of hydrogen-bond donors (Lipinski definition) is 0. The number of carboxylic acids is 1. The Morgan fingerprint density at radius 1 is 1.31 bits per heavy atom. The maximum Gasteiger partial charge on any atom is 0.0496 e. The molecule has 0 bridgehead atoms. The number of carboxylic acid groups (broad SMARTS) is 1. The standard InChI is InChI=1S/C10H11O5P/c11-10(12)9-7-4-2-1-3-6(7)5-8(9)16(13,14)15/h1-4,8-9H,5H2,(H,11,12)(H2,13,14,15)/p-3/t8-,9+/m1/s1. The molecule has 16 heavy (non-hydrogen) atoms. The summed E-state index contributed by atoms with van der Waals surface area (Å²) < 4.78 is 11.0. The quantitative estimate of drug-likeness (QED) is 0.575. The number of fused-ring (bicyclic) bond motifs is 1. The zero-order valence-corrected chi connectivity index (χ0v) is 9.05. The van der Waals surface area contributed by atoms with E-state index in [9.17, 15) is 24.3 Å². The van der Waals surface area contributed by atoms with Crippen LogP contribution in [0.3, 0.4) is 0 Å². The van der Waals surface area contributed by atoms with E-state index in [2.05, 4.69) is 0 Å². The minimum Gasteiger partial charge on any atom is -0.810 e. The molecule has 2 atom stereocenters. The SMILES string of the molecule is O=C([O-])[C@H]1c2ccccc2C[C@H]1P(=O)([O-])[O-]. The van der Waals surface area contributed by atoms with Gasteiger partial charge in [-0.25, -0.2) is 0 Å². The van der Waals surface area contributed by atoms with Gasteiger partial charge in [0.1, 0.15) is 0 Å². The van der Waals surface area contributed by atoms with Crippen molar-refractivity contribution in [3.8, 4) is 0 Å². The molecule has 86 valence electrons. The third kappa shape index (κ3) is 1.78. The van der Waals surface area contributed by atoms with E-state index in [1.165, 1.54) is 6.07 Å². The summed E-state index contributed by atoms with van der Waals surface area (Å²) in [4.78, 5) is 32.9. The zero-order chi connectivity index (χ0) is 11.9. The fourth-order valence-electron chi connectivity index (χ4n) is 2.15. The van der Waals surface area contributed by atoms with Crippen LogP contribution < -0.4 is 14.9 Å². The molecule has 0 amide bonds. The van der Waals surface area contributed by atoms with Gasteiger partial charge < -0.3 is 24.3 Å². The molecule has 0 N–H and O–H groups in total. The van der Waals surface area contributed by atoms with Crippen molar-refractivity contribution in [2.45, 2.75) is 18.0 Å². The second kappa shape index (κ2) is 3.70. The lowest BCUT2D eigenvalue weighted by Crippen LogP contribution is -2.38. The topological polar surface area (TPSA) is 103 Å². The van der Waals surface area contributed by atoms with E-state index in [0.29, 0.717) is 11.1 Å². The Hall–Kier alpha value is -1.16. The van der Waals surface area contributed by atoms with E-state index in [4.69, 9.17) is 0 Å². The molecule has 0 aromatic heterocycles. The van der Waals surface area contributed by atoms with Crippen LogP contribution in [0.2, 0.25) is 0 Å². The number of carbonyl (C=O) groups excluding carboxylic acids is 1. The Balaban J connectivity index is 2.50. The number of hydrogen-bond acceptors (Lipinski definition) is 5. The average Bonchev–Trinajstić information content (AvgIpc) is 2.55. The third-order valence-corrected chi connectivity index (χ3v) is 4.16. The fourth-order valence-corrected chi connectivity index (χ4v) is 3.22. The van der Waals surface area contributed by atoms with Crippen molar-refractivity contribution in [3.05, 3.63) is 35.4 Å². The molecule has 2 rings (SSSR count). The Labute approximate surface area is 91.9 Å². The van der Waals surface area contributed by atoms with Crippen LogP contribution in [0, 0.1) is 0 Å². The molecule has 0 spiro atoms. The van der Waals surface area contributed by atoms with Crippen LogP contribution in [0.15, 0.2) is 24.3 Å². The number of rotatable bonds is 2. The highest BCUT2D eigenvalue weighted by molar-refractivity contribution is 7.49. The summed E-state index contributed by atoms with van der Waals surface area (Å²) in [7, 11) is -4.93. The summed E-state index contributed by atoms with van der Waals surface area (Å²) in [5.41, 5.74) is -0.456. The van der Waals surface area contributed by atoms with Gasteiger partial charge in [0, 0.05) is 17.5 Å². The van der Waals surface area contributed by atoms with Crippen molar-refractivity contribution in [3.63, 3.8) is 0 Å². The predicted molar refractivity (Wildman–Crippen MR) is 49.3 cm³/mol. The van der Waals surface area contributed by atoms with Crippen LogP contribution >= 0.6 is 7.60 Å². The molecule has 0 fully saturated rings. The Morgan fingerprint density at radius 3 is 2.50 bits per heavy atom. The molecule has 1 aliphatic carbocycles. The molecular weight excluding hydrogens is 231 g/mol. The van der Waals surface area contributed by atoms with Gasteiger partial charge in [0.05, 0.1) is 0 Å². The molecule has 0 heterocycles. The van der Waals surface area contributed by atoms with Gasteiger partial charge in [-0.2, -0.15) is 0 Å². The number of carbonyl (C=O) groups is 1. The molecule has 0 saturated heterocycles. The van der Waals surface area contributed by atoms with Crippen molar-refractivity contribution in [2.75, 3.05) is 0 Å². The predicted octanol–water partition coefficient (Wildman–Crippen LogP) is -1.64. The van der Waals surface area contributed by atoms with Crippen LogP contribution in [0.1, 0.15) is 17.0 Å². The van der Waals surface area contributed by atoms with Crippen molar-refractivity contribution >= 4 is 13.6 Å². The lowest BCUT2D eigenvalue weighted by Gasteiger charge is -2.39. The van der Waals surface area contributed by atoms with Gasteiger partial charge in [-0.05, 0) is 17.5 Å². The fraction of sp³-hybridized carbons (Fsp3) is 0.300. The van der Waals surface area contributed by atoms with E-state index in [-0.39, 0.29) is 6.42 Å². The first-order valence-corrected chi connectivity index (χ1v) is 6.33. The van der Waals surface area contributed by atoms with Crippen LogP contribution in [0.4, 0.5) is 0 Å².